The molecule has 218 valence electrons. The van der Waals surface area contributed by atoms with Crippen molar-refractivity contribution in [1.82, 2.24) is 14.9 Å². The maximum Gasteiger partial charge on any atom is 0.248 e. The van der Waals surface area contributed by atoms with Gasteiger partial charge in [0.25, 0.3) is 0 Å². The van der Waals surface area contributed by atoms with E-state index < -0.39 is 16.7 Å². The fourth-order valence-electron chi connectivity index (χ4n) is 5.43. The number of primary amides is 1. The zero-order valence-electron chi connectivity index (χ0n) is 23.7. The predicted octanol–water partition coefficient (Wildman–Crippen LogP) is 5.66. The van der Waals surface area contributed by atoms with Gasteiger partial charge in [-0.2, -0.15) is 0 Å². The number of piperazine rings is 1. The summed E-state index contributed by atoms with van der Waals surface area (Å²) in [7, 11) is -1.23. The standard InChI is InChI=1S/C31H35N7O3S/c1-3-14-38-27-19-23(21-4-6-22(7-5-21)30(32)39)8-13-26(27)29-28(42(38,40)41)20-33-31(35-29)34-24-9-11-25(12-10-24)37-17-15-36(2)16-18-37/h4-13,19-20,40-41H,3,14-18H2,1-2H3,(H2,32,39)(H,33,34,35). The number of rotatable bonds is 7. The lowest BCUT2D eigenvalue weighted by Gasteiger charge is -2.48. The van der Waals surface area contributed by atoms with Crippen LogP contribution < -0.4 is 20.3 Å². The Morgan fingerprint density at radius 2 is 1.67 bits per heavy atom. The van der Waals surface area contributed by atoms with Gasteiger partial charge in [0.2, 0.25) is 11.9 Å². The molecule has 6 rings (SSSR count). The maximum absolute atomic E-state index is 11.5. The van der Waals surface area contributed by atoms with Crippen LogP contribution in [0.25, 0.3) is 22.4 Å². The van der Waals surface area contributed by atoms with Crippen molar-refractivity contribution in [2.45, 2.75) is 18.2 Å². The van der Waals surface area contributed by atoms with Gasteiger partial charge in [0, 0.05) is 55.2 Å². The van der Waals surface area contributed by atoms with Gasteiger partial charge in [-0.05, 0) is 73.1 Å². The molecule has 5 N–H and O–H groups in total. The quantitative estimate of drug-likeness (QED) is 0.217. The van der Waals surface area contributed by atoms with E-state index in [-0.39, 0.29) is 0 Å². The Morgan fingerprint density at radius 3 is 2.33 bits per heavy atom. The second-order valence-electron chi connectivity index (χ2n) is 10.7. The molecule has 0 atom stereocenters. The summed E-state index contributed by atoms with van der Waals surface area (Å²) in [5.41, 5.74) is 11.6. The molecule has 3 heterocycles. The van der Waals surface area contributed by atoms with Gasteiger partial charge in [0.15, 0.2) is 0 Å². The summed E-state index contributed by atoms with van der Waals surface area (Å²) in [4.78, 5) is 25.8. The molecule has 2 aliphatic rings. The number of hydrogen-bond donors (Lipinski definition) is 4. The number of aromatic nitrogens is 2. The molecule has 1 fully saturated rings. The largest absolute Gasteiger partial charge is 0.369 e. The number of fused-ring (bicyclic) bond motifs is 3. The third-order valence-corrected chi connectivity index (χ3v) is 9.68. The molecule has 0 aliphatic carbocycles. The van der Waals surface area contributed by atoms with Crippen LogP contribution in [-0.2, 0) is 0 Å². The van der Waals surface area contributed by atoms with Crippen LogP contribution in [0.3, 0.4) is 0 Å². The Morgan fingerprint density at radius 1 is 0.976 bits per heavy atom. The monoisotopic (exact) mass is 585 g/mol. The van der Waals surface area contributed by atoms with Gasteiger partial charge in [-0.25, -0.2) is 9.97 Å². The van der Waals surface area contributed by atoms with E-state index in [9.17, 15) is 13.9 Å². The number of carbonyl (C=O) groups excluding carboxylic acids is 1. The molecule has 0 bridgehead atoms. The molecular formula is C31H35N7O3S. The van der Waals surface area contributed by atoms with Crippen LogP contribution in [0.4, 0.5) is 23.0 Å². The SMILES string of the molecule is CCCN1c2cc(-c3ccc(C(N)=O)cc3)ccc2-c2nc(Nc3ccc(N4CCN(C)CC4)cc3)ncc2S1(O)O. The van der Waals surface area contributed by atoms with E-state index in [0.717, 1.165) is 48.6 Å². The normalized spacial score (nSPS) is 16.9. The van der Waals surface area contributed by atoms with Crippen molar-refractivity contribution < 1.29 is 13.9 Å². The summed E-state index contributed by atoms with van der Waals surface area (Å²) in [6.07, 6.45) is 2.23. The highest BCUT2D eigenvalue weighted by Gasteiger charge is 2.37. The third-order valence-electron chi connectivity index (χ3n) is 7.80. The molecule has 4 aromatic rings. The van der Waals surface area contributed by atoms with Crippen LogP contribution in [-0.4, -0.2) is 69.7 Å². The van der Waals surface area contributed by atoms with Crippen LogP contribution in [0.1, 0.15) is 23.7 Å². The maximum atomic E-state index is 11.5. The number of amides is 1. The number of hydrogen-bond acceptors (Lipinski definition) is 9. The highest BCUT2D eigenvalue weighted by Crippen LogP contribution is 2.62. The van der Waals surface area contributed by atoms with Crippen molar-refractivity contribution in [3.8, 4) is 22.4 Å². The van der Waals surface area contributed by atoms with Crippen LogP contribution in [0.2, 0.25) is 0 Å². The molecule has 2 aliphatic heterocycles. The number of nitrogens with two attached hydrogens (primary N) is 1. The van der Waals surface area contributed by atoms with Gasteiger partial charge in [-0.1, -0.05) is 35.9 Å². The van der Waals surface area contributed by atoms with Gasteiger partial charge >= 0.3 is 0 Å². The summed E-state index contributed by atoms with van der Waals surface area (Å²) in [5.74, 6) is -0.112. The van der Waals surface area contributed by atoms with E-state index in [1.54, 1.807) is 16.4 Å². The fourth-order valence-corrected chi connectivity index (χ4v) is 7.13. The first kappa shape index (κ1) is 28.0. The molecule has 0 radical (unpaired) electrons. The lowest BCUT2D eigenvalue weighted by atomic mass is 9.99. The second kappa shape index (κ2) is 11.3. The van der Waals surface area contributed by atoms with Crippen molar-refractivity contribution in [3.63, 3.8) is 0 Å². The topological polar surface area (TPSA) is 131 Å². The van der Waals surface area contributed by atoms with Crippen LogP contribution in [0.15, 0.2) is 77.8 Å². The third kappa shape index (κ3) is 5.27. The van der Waals surface area contributed by atoms with E-state index in [0.29, 0.717) is 40.8 Å². The fraction of sp³-hybridized carbons (Fsp3) is 0.258. The molecule has 10 nitrogen and oxygen atoms in total. The van der Waals surface area contributed by atoms with Crippen molar-refractivity contribution in [2.75, 3.05) is 54.3 Å². The van der Waals surface area contributed by atoms with Crippen molar-refractivity contribution in [1.29, 1.82) is 0 Å². The van der Waals surface area contributed by atoms with E-state index >= 15 is 0 Å². The molecule has 0 saturated carbocycles. The Balaban J connectivity index is 1.32. The Labute approximate surface area is 247 Å². The van der Waals surface area contributed by atoms with E-state index in [4.69, 9.17) is 10.7 Å². The van der Waals surface area contributed by atoms with Gasteiger partial charge in [-0.3, -0.25) is 18.2 Å². The molecule has 0 unspecified atom stereocenters. The summed E-state index contributed by atoms with van der Waals surface area (Å²) in [6, 6.07) is 21.1. The van der Waals surface area contributed by atoms with E-state index in [1.807, 2.05) is 49.4 Å². The smallest absolute Gasteiger partial charge is 0.248 e. The average Bonchev–Trinajstić information content (AvgIpc) is 3.00. The van der Waals surface area contributed by atoms with Crippen LogP contribution in [0.5, 0.6) is 0 Å². The molecule has 1 amide bonds. The number of likely N-dealkylation sites (N-methyl/N-ethyl adjacent to an activating group) is 1. The van der Waals surface area contributed by atoms with Crippen molar-refractivity contribution in [3.05, 3.63) is 78.5 Å². The number of nitrogens with one attached hydrogen (secondary N) is 1. The summed E-state index contributed by atoms with van der Waals surface area (Å²) < 4.78 is 24.6. The molecule has 42 heavy (non-hydrogen) atoms. The zero-order valence-corrected chi connectivity index (χ0v) is 24.5. The number of carbonyl (C=O) groups is 1. The Bertz CT molecular complexity index is 1600. The number of benzene rings is 3. The molecule has 1 aromatic heterocycles. The number of anilines is 4. The average molecular weight is 586 g/mol. The van der Waals surface area contributed by atoms with Crippen LogP contribution in [0, 0.1) is 0 Å². The van der Waals surface area contributed by atoms with Crippen molar-refractivity contribution >= 4 is 39.7 Å². The summed E-state index contributed by atoms with van der Waals surface area (Å²) in [5, 5.41) is 3.28. The van der Waals surface area contributed by atoms with Gasteiger partial charge in [-0.15, -0.1) is 0 Å². The van der Waals surface area contributed by atoms with Crippen molar-refractivity contribution in [2.24, 2.45) is 5.73 Å². The van der Waals surface area contributed by atoms with E-state index in [1.165, 1.54) is 11.9 Å². The highest BCUT2D eigenvalue weighted by atomic mass is 32.3. The molecule has 0 spiro atoms. The molecular weight excluding hydrogens is 550 g/mol. The Kier molecular flexibility index (Phi) is 7.50. The predicted molar refractivity (Wildman–Crippen MR) is 170 cm³/mol. The summed E-state index contributed by atoms with van der Waals surface area (Å²) >= 11 is 0. The minimum Gasteiger partial charge on any atom is -0.369 e. The molecule has 11 heteroatoms. The number of nitrogens with zero attached hydrogens (tertiary/aromatic N) is 5. The highest BCUT2D eigenvalue weighted by molar-refractivity contribution is 8.25. The molecule has 3 aromatic carbocycles. The van der Waals surface area contributed by atoms with Gasteiger partial charge in [0.1, 0.15) is 10.6 Å². The first-order chi connectivity index (χ1) is 20.2. The molecule has 1 saturated heterocycles. The van der Waals surface area contributed by atoms with E-state index in [2.05, 4.69) is 39.3 Å². The zero-order chi connectivity index (χ0) is 29.4. The van der Waals surface area contributed by atoms with Gasteiger partial charge in [0.05, 0.1) is 11.9 Å². The first-order valence-electron chi connectivity index (χ1n) is 14.0. The van der Waals surface area contributed by atoms with Crippen LogP contribution >= 0.6 is 10.8 Å². The van der Waals surface area contributed by atoms with Gasteiger partial charge < -0.3 is 20.9 Å². The minimum atomic E-state index is -3.38. The second-order valence-corrected chi connectivity index (χ2v) is 12.6. The minimum absolute atomic E-state index is 0.304. The summed E-state index contributed by atoms with van der Waals surface area (Å²) in [6.45, 7) is 6.52. The first-order valence-corrected chi connectivity index (χ1v) is 15.5. The Hall–Kier alpha value is -4.16. The lowest BCUT2D eigenvalue weighted by molar-refractivity contribution is 0.100. The lowest BCUT2D eigenvalue weighted by Crippen LogP contribution is -2.44.